The van der Waals surface area contributed by atoms with Crippen LogP contribution in [0.25, 0.3) is 0 Å². The van der Waals surface area contributed by atoms with Gasteiger partial charge in [0, 0.05) is 12.3 Å². The van der Waals surface area contributed by atoms with Gasteiger partial charge in [-0.05, 0) is 28.1 Å². The summed E-state index contributed by atoms with van der Waals surface area (Å²) in [6, 6.07) is 3.77. The van der Waals surface area contributed by atoms with Gasteiger partial charge in [-0.2, -0.15) is 0 Å². The average Bonchev–Trinajstić information content (AvgIpc) is 2.17. The molecule has 50 valence electrons. The van der Waals surface area contributed by atoms with E-state index in [0.717, 1.165) is 16.9 Å². The SMILES string of the molecule is ClCCc1ccc(Br)o1. The smallest absolute Gasteiger partial charge is 0.169 e. The van der Waals surface area contributed by atoms with E-state index in [9.17, 15) is 0 Å². The van der Waals surface area contributed by atoms with Gasteiger partial charge in [-0.3, -0.25) is 0 Å². The van der Waals surface area contributed by atoms with E-state index in [-0.39, 0.29) is 0 Å². The summed E-state index contributed by atoms with van der Waals surface area (Å²) < 4.78 is 5.92. The molecule has 0 aliphatic heterocycles. The summed E-state index contributed by atoms with van der Waals surface area (Å²) in [7, 11) is 0. The summed E-state index contributed by atoms with van der Waals surface area (Å²) in [5, 5.41) is 0. The molecular formula is C6H6BrClO. The highest BCUT2D eigenvalue weighted by molar-refractivity contribution is 9.10. The molecule has 1 aromatic rings. The molecule has 0 spiro atoms. The Balaban J connectivity index is 2.61. The van der Waals surface area contributed by atoms with Crippen LogP contribution in [0.1, 0.15) is 5.76 Å². The second kappa shape index (κ2) is 3.28. The van der Waals surface area contributed by atoms with Gasteiger partial charge >= 0.3 is 0 Å². The molecule has 1 nitrogen and oxygen atoms in total. The van der Waals surface area contributed by atoms with E-state index in [1.54, 1.807) is 0 Å². The molecule has 0 fully saturated rings. The molecule has 0 atom stereocenters. The molecule has 0 aliphatic carbocycles. The molecule has 0 bridgehead atoms. The second-order valence-electron chi connectivity index (χ2n) is 1.64. The minimum Gasteiger partial charge on any atom is -0.454 e. The Kier molecular flexibility index (Phi) is 2.61. The normalized spacial score (nSPS) is 10.0. The Morgan fingerprint density at radius 2 is 2.33 bits per heavy atom. The Bertz CT molecular complexity index is 185. The largest absolute Gasteiger partial charge is 0.454 e. The highest BCUT2D eigenvalue weighted by Gasteiger charge is 1.95. The van der Waals surface area contributed by atoms with E-state index in [0.29, 0.717) is 5.88 Å². The van der Waals surface area contributed by atoms with Gasteiger partial charge in [-0.1, -0.05) is 0 Å². The molecule has 0 saturated heterocycles. The fraction of sp³-hybridized carbons (Fsp3) is 0.333. The van der Waals surface area contributed by atoms with Crippen LogP contribution in [0.4, 0.5) is 0 Å². The first-order chi connectivity index (χ1) is 4.33. The Morgan fingerprint density at radius 1 is 1.56 bits per heavy atom. The lowest BCUT2D eigenvalue weighted by molar-refractivity contribution is 0.494. The molecule has 0 unspecified atom stereocenters. The fourth-order valence-corrected chi connectivity index (χ4v) is 1.11. The van der Waals surface area contributed by atoms with Crippen LogP contribution in [-0.2, 0) is 6.42 Å². The number of furan rings is 1. The van der Waals surface area contributed by atoms with Gasteiger partial charge in [0.15, 0.2) is 4.67 Å². The summed E-state index contributed by atoms with van der Waals surface area (Å²) in [6.07, 6.45) is 0.799. The van der Waals surface area contributed by atoms with Crippen molar-refractivity contribution < 1.29 is 4.42 Å². The van der Waals surface area contributed by atoms with Crippen LogP contribution in [0.2, 0.25) is 0 Å². The van der Waals surface area contributed by atoms with E-state index < -0.39 is 0 Å². The number of hydrogen-bond donors (Lipinski definition) is 0. The number of rotatable bonds is 2. The van der Waals surface area contributed by atoms with Crippen LogP contribution < -0.4 is 0 Å². The number of alkyl halides is 1. The number of hydrogen-bond acceptors (Lipinski definition) is 1. The molecule has 0 radical (unpaired) electrons. The summed E-state index contributed by atoms with van der Waals surface area (Å²) in [5.74, 6) is 1.54. The van der Waals surface area contributed by atoms with E-state index in [1.165, 1.54) is 0 Å². The van der Waals surface area contributed by atoms with Gasteiger partial charge in [0.05, 0.1) is 0 Å². The van der Waals surface area contributed by atoms with Crippen molar-refractivity contribution in [2.45, 2.75) is 6.42 Å². The molecule has 0 N–H and O–H groups in total. The monoisotopic (exact) mass is 208 g/mol. The highest BCUT2D eigenvalue weighted by Crippen LogP contribution is 2.14. The van der Waals surface area contributed by atoms with Gasteiger partial charge < -0.3 is 4.42 Å². The lowest BCUT2D eigenvalue weighted by Crippen LogP contribution is -1.79. The molecule has 0 aliphatic rings. The predicted octanol–water partition coefficient (Wildman–Crippen LogP) is 2.82. The maximum Gasteiger partial charge on any atom is 0.169 e. The van der Waals surface area contributed by atoms with Gasteiger partial charge in [0.2, 0.25) is 0 Å². The number of aryl methyl sites for hydroxylation is 1. The minimum atomic E-state index is 0.611. The summed E-state index contributed by atoms with van der Waals surface area (Å²) >= 11 is 8.66. The zero-order valence-corrected chi connectivity index (χ0v) is 7.08. The molecular weight excluding hydrogens is 203 g/mol. The summed E-state index contributed by atoms with van der Waals surface area (Å²) in [5.41, 5.74) is 0. The van der Waals surface area contributed by atoms with Crippen LogP contribution in [0.15, 0.2) is 21.2 Å². The van der Waals surface area contributed by atoms with E-state index >= 15 is 0 Å². The van der Waals surface area contributed by atoms with Crippen LogP contribution in [0, 0.1) is 0 Å². The third-order valence-electron chi connectivity index (χ3n) is 0.970. The summed E-state index contributed by atoms with van der Waals surface area (Å²) in [6.45, 7) is 0. The lowest BCUT2D eigenvalue weighted by atomic mass is 10.4. The molecule has 0 amide bonds. The average molecular weight is 209 g/mol. The van der Waals surface area contributed by atoms with E-state index in [1.807, 2.05) is 12.1 Å². The van der Waals surface area contributed by atoms with E-state index in [2.05, 4.69) is 15.9 Å². The molecule has 1 heterocycles. The Morgan fingerprint density at radius 3 is 2.78 bits per heavy atom. The first-order valence-electron chi connectivity index (χ1n) is 2.63. The maximum absolute atomic E-state index is 5.47. The topological polar surface area (TPSA) is 13.1 Å². The van der Waals surface area contributed by atoms with Crippen LogP contribution in [-0.4, -0.2) is 5.88 Å². The van der Waals surface area contributed by atoms with Crippen LogP contribution >= 0.6 is 27.5 Å². The van der Waals surface area contributed by atoms with Crippen molar-refractivity contribution >= 4 is 27.5 Å². The zero-order chi connectivity index (χ0) is 6.69. The second-order valence-corrected chi connectivity index (χ2v) is 2.80. The standard InChI is InChI=1S/C6H6BrClO/c7-6-2-1-5(9-6)3-4-8/h1-2H,3-4H2. The van der Waals surface area contributed by atoms with Crippen molar-refractivity contribution in [3.63, 3.8) is 0 Å². The van der Waals surface area contributed by atoms with Crippen molar-refractivity contribution in [1.82, 2.24) is 0 Å². The van der Waals surface area contributed by atoms with Gasteiger partial charge in [-0.25, -0.2) is 0 Å². The highest BCUT2D eigenvalue weighted by atomic mass is 79.9. The maximum atomic E-state index is 5.47. The van der Waals surface area contributed by atoms with Gasteiger partial charge in [0.25, 0.3) is 0 Å². The third kappa shape index (κ3) is 2.03. The summed E-state index contributed by atoms with van der Waals surface area (Å²) in [4.78, 5) is 0. The zero-order valence-electron chi connectivity index (χ0n) is 4.73. The first kappa shape index (κ1) is 7.16. The van der Waals surface area contributed by atoms with Crippen LogP contribution in [0.3, 0.4) is 0 Å². The first-order valence-corrected chi connectivity index (χ1v) is 3.96. The number of halogens is 2. The van der Waals surface area contributed by atoms with E-state index in [4.69, 9.17) is 16.0 Å². The van der Waals surface area contributed by atoms with Crippen molar-refractivity contribution in [3.8, 4) is 0 Å². The predicted molar refractivity (Wildman–Crippen MR) is 40.8 cm³/mol. The molecule has 1 aromatic heterocycles. The third-order valence-corrected chi connectivity index (χ3v) is 1.58. The molecule has 1 rings (SSSR count). The fourth-order valence-electron chi connectivity index (χ4n) is 0.579. The van der Waals surface area contributed by atoms with Crippen LogP contribution in [0.5, 0.6) is 0 Å². The van der Waals surface area contributed by atoms with Gasteiger partial charge in [-0.15, -0.1) is 11.6 Å². The van der Waals surface area contributed by atoms with Gasteiger partial charge in [0.1, 0.15) is 5.76 Å². The van der Waals surface area contributed by atoms with Crippen molar-refractivity contribution in [2.24, 2.45) is 0 Å². The lowest BCUT2D eigenvalue weighted by Gasteiger charge is -1.86. The molecule has 9 heavy (non-hydrogen) atoms. The van der Waals surface area contributed by atoms with Crippen molar-refractivity contribution in [3.05, 3.63) is 22.6 Å². The Labute approximate surface area is 67.1 Å². The van der Waals surface area contributed by atoms with Crippen molar-refractivity contribution in [1.29, 1.82) is 0 Å². The molecule has 0 aromatic carbocycles. The van der Waals surface area contributed by atoms with Crippen molar-refractivity contribution in [2.75, 3.05) is 5.88 Å². The minimum absolute atomic E-state index is 0.611. The molecule has 0 saturated carbocycles. The quantitative estimate of drug-likeness (QED) is 0.683. The molecule has 3 heteroatoms. The Hall–Kier alpha value is 0.0500.